The van der Waals surface area contributed by atoms with Crippen molar-refractivity contribution in [3.8, 4) is 16.9 Å². The highest BCUT2D eigenvalue weighted by atomic mass is 32.2. The van der Waals surface area contributed by atoms with Gasteiger partial charge < -0.3 is 100 Å². The molecule has 0 aliphatic carbocycles. The van der Waals surface area contributed by atoms with E-state index in [1.165, 1.54) is 74.2 Å². The second-order valence-electron chi connectivity index (χ2n) is 29.7. The maximum absolute atomic E-state index is 15.4. The molecule has 3 aliphatic heterocycles. The molecule has 12 amide bonds. The third-order valence-electron chi connectivity index (χ3n) is 19.2. The first-order valence-electron chi connectivity index (χ1n) is 38.4. The van der Waals surface area contributed by atoms with Crippen molar-refractivity contribution in [3.63, 3.8) is 0 Å². The Morgan fingerprint density at radius 3 is 1.73 bits per heavy atom. The Balaban J connectivity index is 1.19. The lowest BCUT2D eigenvalue weighted by Crippen LogP contribution is -2.62. The number of carboxylic acid groups (broad SMARTS) is 1. The zero-order valence-electron chi connectivity index (χ0n) is 65.7. The number of para-hydroxylation sites is 1. The van der Waals surface area contributed by atoms with Crippen LogP contribution in [0.1, 0.15) is 101 Å². The maximum atomic E-state index is 15.4. The van der Waals surface area contributed by atoms with Crippen LogP contribution in [-0.4, -0.2) is 209 Å². The van der Waals surface area contributed by atoms with Gasteiger partial charge in [0.2, 0.25) is 70.9 Å². The second-order valence-corrected chi connectivity index (χ2v) is 31.8. The second kappa shape index (κ2) is 44.4. The van der Waals surface area contributed by atoms with Crippen molar-refractivity contribution < 1.29 is 82.8 Å². The molecule has 13 atom stereocenters. The highest BCUT2D eigenvalue weighted by Gasteiger charge is 2.38. The number of phenols is 1. The first kappa shape index (κ1) is 90.9. The number of nitrogens with zero attached hydrogens (tertiary/aromatic N) is 1. The number of aliphatic carboxylic acids is 1. The van der Waals surface area contributed by atoms with E-state index in [2.05, 4.69) is 73.4 Å². The Labute approximate surface area is 684 Å². The Kier molecular flexibility index (Phi) is 34.5. The van der Waals surface area contributed by atoms with Crippen LogP contribution in [0.15, 0.2) is 146 Å². The van der Waals surface area contributed by atoms with E-state index in [4.69, 9.17) is 11.5 Å². The number of aromatic amines is 2. The van der Waals surface area contributed by atoms with Crippen LogP contribution in [0.5, 0.6) is 5.75 Å². The van der Waals surface area contributed by atoms with Gasteiger partial charge in [0.25, 0.3) is 0 Å². The Morgan fingerprint density at radius 1 is 0.573 bits per heavy atom. The number of aromatic hydroxyl groups is 1. The Bertz CT molecular complexity index is 4550. The number of nitrogens with one attached hydrogen (secondary N) is 13. The molecule has 35 heteroatoms. The summed E-state index contributed by atoms with van der Waals surface area (Å²) in [5, 5.41) is 70.7. The van der Waals surface area contributed by atoms with E-state index < -0.39 is 175 Å². The van der Waals surface area contributed by atoms with Crippen molar-refractivity contribution in [3.05, 3.63) is 180 Å². The van der Waals surface area contributed by atoms with E-state index in [0.29, 0.717) is 27.6 Å². The molecule has 7 aromatic rings. The summed E-state index contributed by atoms with van der Waals surface area (Å²) in [6, 6.07) is 17.9. The molecule has 3 aliphatic rings. The summed E-state index contributed by atoms with van der Waals surface area (Å²) in [6.45, 7) is 8.77. The van der Waals surface area contributed by atoms with Gasteiger partial charge in [0.05, 0.1) is 30.8 Å². The number of aromatic nitrogens is 3. The lowest BCUT2D eigenvalue weighted by Gasteiger charge is -2.28. The summed E-state index contributed by atoms with van der Waals surface area (Å²) < 4.78 is 0. The number of carbonyl (C=O) groups excluding carboxylic acids is 12. The van der Waals surface area contributed by atoms with Gasteiger partial charge in [-0.25, -0.2) is 9.78 Å². The number of carbonyl (C=O) groups is 13. The average molecular weight is 1650 g/mol. The molecular weight excluding hydrogens is 1550 g/mol. The number of hydrogen-bond donors (Lipinski definition) is 19. The number of fused-ring (bicyclic) bond motifs is 3. The third-order valence-corrected chi connectivity index (χ3v) is 21.4. The molecule has 0 unspecified atom stereocenters. The standard InChI is InChI=1S/C82H104N16O17S2/c1-44(2)30-58(83)72(104)98-70(47(6)100)81(113)94-63(32-48-12-8-7-9-13-48)77(109)97-67-41-116-39-50-16-22-52(23-17-50)53-24-18-51(19-25-53)40-117-42-68(80(112)95-66(38-99)82(114)115)96-75(107)61(31-45(3)4)90-73(105)60(28-29-69(84)102)89-71(103)46(5)88-74(106)64(34-54-36-86-59-15-11-10-14-57(54)59)92-76(108)62(33-49-20-26-56(101)27-21-49)91-78(110)65(93-79(67)111)35-55-37-85-43-87-55/h7-27,36-37,43-47,58,60-68,70,86,99-101H,28-35,38-42,83H2,1-6H3,(H2,84,102)(H,85,87)(H,88,106)(H,89,103)(H,90,105)(H,91,110)(H,92,108)(H,93,111)(H,94,113)(H,95,112)(H,96,107)(H,97,109)(H,98,104)(H,114,115)/t46-,47+,58-,60-,61-,62-,63-,64-,65-,66-,67+,68-,70-/m0/s1. The molecule has 117 heavy (non-hydrogen) atoms. The molecule has 5 heterocycles. The monoisotopic (exact) mass is 1650 g/mol. The largest absolute Gasteiger partial charge is 0.508 e. The first-order chi connectivity index (χ1) is 55.8. The van der Waals surface area contributed by atoms with Crippen LogP contribution in [-0.2, 0) is 99.5 Å². The number of thioether (sulfide) groups is 2. The molecule has 4 bridgehead atoms. The number of primary amides is 1. The van der Waals surface area contributed by atoms with Gasteiger partial charge in [-0.15, -0.1) is 0 Å². The number of carboxylic acids is 1. The molecule has 2 aromatic heterocycles. The molecule has 0 saturated carbocycles. The van der Waals surface area contributed by atoms with E-state index in [1.807, 2.05) is 62.4 Å². The van der Waals surface area contributed by atoms with Gasteiger partial charge in [0, 0.05) is 78.4 Å². The van der Waals surface area contributed by atoms with Crippen molar-refractivity contribution in [1.82, 2.24) is 73.4 Å². The fourth-order valence-electron chi connectivity index (χ4n) is 12.8. The molecule has 0 radical (unpaired) electrons. The van der Waals surface area contributed by atoms with Crippen molar-refractivity contribution in [1.29, 1.82) is 0 Å². The highest BCUT2D eigenvalue weighted by Crippen LogP contribution is 2.26. The zero-order chi connectivity index (χ0) is 85.0. The Morgan fingerprint density at radius 2 is 1.14 bits per heavy atom. The van der Waals surface area contributed by atoms with Crippen LogP contribution in [0.3, 0.4) is 0 Å². The maximum Gasteiger partial charge on any atom is 0.328 e. The van der Waals surface area contributed by atoms with Crippen LogP contribution in [0.25, 0.3) is 22.0 Å². The summed E-state index contributed by atoms with van der Waals surface area (Å²) in [5.74, 6) is -12.9. The summed E-state index contributed by atoms with van der Waals surface area (Å²) in [4.78, 5) is 196. The van der Waals surface area contributed by atoms with E-state index in [-0.39, 0.29) is 84.8 Å². The molecular formula is C82H104N16O17S2. The fraction of sp³-hybridized carbons (Fsp3) is 0.415. The summed E-state index contributed by atoms with van der Waals surface area (Å²) in [5.41, 5.74) is 17.3. The molecule has 33 nitrogen and oxygen atoms in total. The quantitative estimate of drug-likeness (QED) is 0.0362. The normalized spacial score (nSPS) is 20.7. The summed E-state index contributed by atoms with van der Waals surface area (Å²) >= 11 is 2.42. The number of aliphatic hydroxyl groups is 2. The van der Waals surface area contributed by atoms with Gasteiger partial charge in [0.1, 0.15) is 72.2 Å². The molecule has 0 saturated heterocycles. The van der Waals surface area contributed by atoms with Gasteiger partial charge in [-0.05, 0) is 102 Å². The van der Waals surface area contributed by atoms with Crippen molar-refractivity contribution >= 4 is 111 Å². The van der Waals surface area contributed by atoms with E-state index >= 15 is 24.0 Å². The zero-order valence-corrected chi connectivity index (χ0v) is 67.4. The molecule has 21 N–H and O–H groups in total. The lowest BCUT2D eigenvalue weighted by atomic mass is 10.0. The van der Waals surface area contributed by atoms with Gasteiger partial charge in [-0.3, -0.25) is 57.5 Å². The van der Waals surface area contributed by atoms with E-state index in [0.717, 1.165) is 22.3 Å². The number of benzene rings is 5. The third kappa shape index (κ3) is 28.3. The average Bonchev–Trinajstić information content (AvgIpc) is 1.73. The number of nitrogens with two attached hydrogens (primary N) is 2. The number of phenolic OH excluding ortho intramolecular Hbond substituents is 1. The number of rotatable bonds is 26. The minimum absolute atomic E-state index is 0.00335. The predicted octanol–water partition coefficient (Wildman–Crippen LogP) is 1.21. The van der Waals surface area contributed by atoms with E-state index in [1.54, 1.807) is 74.6 Å². The van der Waals surface area contributed by atoms with Crippen LogP contribution >= 0.6 is 23.5 Å². The summed E-state index contributed by atoms with van der Waals surface area (Å²) in [7, 11) is 0. The topological polar surface area (TPSA) is 532 Å². The van der Waals surface area contributed by atoms with Crippen LogP contribution < -0.4 is 70.0 Å². The number of aliphatic hydroxyl groups excluding tert-OH is 2. The first-order valence-corrected chi connectivity index (χ1v) is 40.7. The molecule has 0 spiro atoms. The number of hydrogen-bond acceptors (Lipinski definition) is 20. The van der Waals surface area contributed by atoms with Crippen LogP contribution in [0, 0.1) is 11.8 Å². The highest BCUT2D eigenvalue weighted by molar-refractivity contribution is 7.98. The predicted molar refractivity (Wildman–Crippen MR) is 439 cm³/mol. The van der Waals surface area contributed by atoms with Crippen LogP contribution in [0.4, 0.5) is 0 Å². The van der Waals surface area contributed by atoms with Crippen molar-refractivity contribution in [2.24, 2.45) is 23.3 Å². The van der Waals surface area contributed by atoms with Crippen molar-refractivity contribution in [2.45, 2.75) is 183 Å². The van der Waals surface area contributed by atoms with Gasteiger partial charge in [-0.1, -0.05) is 137 Å². The van der Waals surface area contributed by atoms with Gasteiger partial charge in [0.15, 0.2) is 0 Å². The van der Waals surface area contributed by atoms with Gasteiger partial charge in [-0.2, -0.15) is 23.5 Å². The van der Waals surface area contributed by atoms with Crippen molar-refractivity contribution in [2.75, 3.05) is 18.1 Å². The van der Waals surface area contributed by atoms with Gasteiger partial charge >= 0.3 is 5.97 Å². The molecule has 10 rings (SSSR count). The minimum atomic E-state index is -1.76. The summed E-state index contributed by atoms with van der Waals surface area (Å²) in [6.07, 6.45) is 1.18. The minimum Gasteiger partial charge on any atom is -0.508 e. The fourth-order valence-corrected chi connectivity index (χ4v) is 14.8. The smallest absolute Gasteiger partial charge is 0.328 e. The van der Waals surface area contributed by atoms with E-state index in [9.17, 15) is 58.8 Å². The molecule has 626 valence electrons. The number of H-pyrrole nitrogens is 2. The van der Waals surface area contributed by atoms with Crippen LogP contribution in [0.2, 0.25) is 0 Å². The molecule has 5 aromatic carbocycles. The number of imidazole rings is 1. The number of amides is 12. The SMILES string of the molecule is CC(C)C[C@@H]1NC(=O)[C@H](CCC(N)=O)NC(=O)[C@H](C)NC(=O)[C@H](Cc2c[nH]c3ccccc23)NC(=O)[C@H](Cc2ccc(O)cc2)NC(=O)[C@H](Cc2c[nH]cn2)NC(=O)[C@H](NC(=O)[C@H](Cc2ccccc2)NC(=O)[C@@H](NC(=O)[C@@H](N)CC(C)C)[C@@H](C)O)CSCc2ccc(cc2)-c2ccc(cc2)CSC[C@@H](C(=O)N[C@@H](CO)C(=O)O)NC1=O. The lowest BCUT2D eigenvalue weighted by molar-refractivity contribution is -0.143. The molecule has 0 fully saturated rings. The Hall–Kier alpha value is -11.7.